The van der Waals surface area contributed by atoms with Crippen molar-refractivity contribution in [1.29, 1.82) is 0 Å². The van der Waals surface area contributed by atoms with Crippen LogP contribution in [0.3, 0.4) is 0 Å². The van der Waals surface area contributed by atoms with Gasteiger partial charge in [-0.25, -0.2) is 0 Å². The topological polar surface area (TPSA) is 68.5 Å². The minimum absolute atomic E-state index is 0.315. The average Bonchev–Trinajstić information content (AvgIpc) is 3.25. The minimum atomic E-state index is -0.315. The Kier molecular flexibility index (Phi) is 5.65. The Morgan fingerprint density at radius 1 is 0.774 bits per heavy atom. The molecule has 1 aliphatic rings. The second-order valence-corrected chi connectivity index (χ2v) is 6.89. The van der Waals surface area contributed by atoms with Crippen LogP contribution in [0, 0.1) is 0 Å². The van der Waals surface area contributed by atoms with Crippen LogP contribution in [0.4, 0.5) is 0 Å². The summed E-state index contributed by atoms with van der Waals surface area (Å²) < 4.78 is 41.6. The van der Waals surface area contributed by atoms with Crippen molar-refractivity contribution in [3.05, 3.63) is 30.3 Å². The smallest absolute Gasteiger partial charge is 0.383 e. The molecule has 0 fully saturated rings. The van der Waals surface area contributed by atoms with Gasteiger partial charge in [0.05, 0.1) is 41.1 Å². The highest BCUT2D eigenvalue weighted by Crippen LogP contribution is 2.45. The van der Waals surface area contributed by atoms with E-state index in [0.29, 0.717) is 41.2 Å². The van der Waals surface area contributed by atoms with E-state index in [1.54, 1.807) is 42.7 Å². The Hall–Kier alpha value is -3.39. The SMILES string of the molecule is COc1cc(-c2cc3ccc(OC)c(OC)c3c3[n+]2C(OC)CO3)cc(OC)c1OC. The molecule has 2 aromatic carbocycles. The highest BCUT2D eigenvalue weighted by Gasteiger charge is 2.40. The summed E-state index contributed by atoms with van der Waals surface area (Å²) in [6.45, 7) is 0.368. The summed E-state index contributed by atoms with van der Waals surface area (Å²) in [7, 11) is 9.65. The summed E-state index contributed by atoms with van der Waals surface area (Å²) >= 11 is 0. The molecule has 3 aromatic rings. The van der Waals surface area contributed by atoms with Crippen LogP contribution < -0.4 is 33.0 Å². The number of pyridine rings is 1. The van der Waals surface area contributed by atoms with Crippen LogP contribution in [0.5, 0.6) is 34.6 Å². The third-order valence-corrected chi connectivity index (χ3v) is 5.45. The third kappa shape index (κ3) is 3.23. The fourth-order valence-corrected chi connectivity index (χ4v) is 4.01. The maximum Gasteiger partial charge on any atom is 0.383 e. The van der Waals surface area contributed by atoms with Crippen LogP contribution in [-0.2, 0) is 4.74 Å². The lowest BCUT2D eigenvalue weighted by Gasteiger charge is -2.15. The Labute approximate surface area is 180 Å². The standard InChI is InChI=1S/C23H26NO7/c1-25-16-8-7-13-9-15(14-10-17(26-2)21(29-5)18(11-14)27-3)24-19(28-4)12-31-23(24)20(13)22(16)30-6/h7-11,19H,12H2,1-6H3/q+1. The molecule has 2 heterocycles. The van der Waals surface area contributed by atoms with E-state index < -0.39 is 0 Å². The number of ether oxygens (including phenoxy) is 7. The summed E-state index contributed by atoms with van der Waals surface area (Å²) in [6, 6.07) is 9.72. The molecule has 1 aliphatic heterocycles. The molecular weight excluding hydrogens is 402 g/mol. The van der Waals surface area contributed by atoms with Crippen molar-refractivity contribution in [3.63, 3.8) is 0 Å². The monoisotopic (exact) mass is 428 g/mol. The van der Waals surface area contributed by atoms with Gasteiger partial charge >= 0.3 is 12.1 Å². The Bertz CT molecular complexity index is 1100. The molecule has 8 nitrogen and oxygen atoms in total. The summed E-state index contributed by atoms with van der Waals surface area (Å²) in [5.74, 6) is 3.53. The van der Waals surface area contributed by atoms with E-state index in [1.807, 2.05) is 28.8 Å². The van der Waals surface area contributed by atoms with Crippen LogP contribution in [0.1, 0.15) is 6.23 Å². The van der Waals surface area contributed by atoms with E-state index in [1.165, 1.54) is 0 Å². The number of rotatable bonds is 7. The van der Waals surface area contributed by atoms with E-state index in [0.717, 1.165) is 22.0 Å². The predicted molar refractivity (Wildman–Crippen MR) is 114 cm³/mol. The van der Waals surface area contributed by atoms with E-state index in [9.17, 15) is 0 Å². The molecular formula is C23H26NO7+. The first kappa shape index (κ1) is 20.9. The van der Waals surface area contributed by atoms with Gasteiger partial charge in [-0.3, -0.25) is 0 Å². The minimum Gasteiger partial charge on any atom is -0.493 e. The molecule has 0 N–H and O–H groups in total. The molecule has 4 rings (SSSR count). The van der Waals surface area contributed by atoms with Gasteiger partial charge in [0.1, 0.15) is 5.39 Å². The number of benzene rings is 2. The lowest BCUT2D eigenvalue weighted by Crippen LogP contribution is -2.39. The number of hydrogen-bond acceptors (Lipinski definition) is 7. The van der Waals surface area contributed by atoms with Gasteiger partial charge in [0.25, 0.3) is 0 Å². The summed E-state index contributed by atoms with van der Waals surface area (Å²) in [5.41, 5.74) is 1.73. The first-order chi connectivity index (χ1) is 15.1. The van der Waals surface area contributed by atoms with Crippen molar-refractivity contribution in [1.82, 2.24) is 0 Å². The first-order valence-electron chi connectivity index (χ1n) is 9.71. The zero-order valence-corrected chi connectivity index (χ0v) is 18.5. The molecule has 8 heteroatoms. The van der Waals surface area contributed by atoms with Crippen LogP contribution in [0.15, 0.2) is 30.3 Å². The van der Waals surface area contributed by atoms with Crippen molar-refractivity contribution >= 4 is 10.8 Å². The third-order valence-electron chi connectivity index (χ3n) is 5.45. The molecule has 0 saturated carbocycles. The van der Waals surface area contributed by atoms with Gasteiger partial charge in [0.2, 0.25) is 11.4 Å². The van der Waals surface area contributed by atoms with E-state index in [2.05, 4.69) is 6.07 Å². The van der Waals surface area contributed by atoms with Crippen LogP contribution >= 0.6 is 0 Å². The number of nitrogens with zero attached hydrogens (tertiary/aromatic N) is 1. The molecule has 1 unspecified atom stereocenters. The zero-order valence-electron chi connectivity index (χ0n) is 18.5. The molecule has 0 aliphatic carbocycles. The molecule has 1 atom stereocenters. The Morgan fingerprint density at radius 3 is 1.97 bits per heavy atom. The molecule has 1 aromatic heterocycles. The maximum atomic E-state index is 6.09. The number of methoxy groups -OCH3 is 6. The second-order valence-electron chi connectivity index (χ2n) is 6.89. The largest absolute Gasteiger partial charge is 0.493 e. The van der Waals surface area contributed by atoms with Gasteiger partial charge in [0, 0.05) is 18.6 Å². The van der Waals surface area contributed by atoms with Gasteiger partial charge in [0.15, 0.2) is 29.6 Å². The Balaban J connectivity index is 2.07. The van der Waals surface area contributed by atoms with Gasteiger partial charge in [-0.2, -0.15) is 0 Å². The van der Waals surface area contributed by atoms with E-state index in [-0.39, 0.29) is 6.23 Å². The molecule has 31 heavy (non-hydrogen) atoms. The highest BCUT2D eigenvalue weighted by molar-refractivity contribution is 5.95. The van der Waals surface area contributed by atoms with Crippen molar-refractivity contribution in [2.24, 2.45) is 0 Å². The van der Waals surface area contributed by atoms with Crippen molar-refractivity contribution in [2.45, 2.75) is 6.23 Å². The predicted octanol–water partition coefficient (Wildman–Crippen LogP) is 3.37. The Morgan fingerprint density at radius 2 is 1.42 bits per heavy atom. The normalized spacial score (nSPS) is 14.7. The summed E-state index contributed by atoms with van der Waals surface area (Å²) in [4.78, 5) is 0. The summed E-state index contributed by atoms with van der Waals surface area (Å²) in [6.07, 6.45) is -0.315. The fourth-order valence-electron chi connectivity index (χ4n) is 4.01. The first-order valence-corrected chi connectivity index (χ1v) is 9.71. The molecule has 0 spiro atoms. The van der Waals surface area contributed by atoms with Crippen molar-refractivity contribution in [3.8, 4) is 45.9 Å². The lowest BCUT2D eigenvalue weighted by molar-refractivity contribution is -0.731. The van der Waals surface area contributed by atoms with Gasteiger partial charge in [-0.1, -0.05) is 0 Å². The number of aromatic nitrogens is 1. The molecule has 0 bridgehead atoms. The molecule has 0 amide bonds. The second kappa shape index (κ2) is 8.39. The molecule has 0 saturated heterocycles. The maximum absolute atomic E-state index is 6.09. The average molecular weight is 428 g/mol. The number of fused-ring (bicyclic) bond motifs is 3. The van der Waals surface area contributed by atoms with Gasteiger partial charge in [-0.15, -0.1) is 4.57 Å². The van der Waals surface area contributed by atoms with Crippen molar-refractivity contribution < 1.29 is 37.7 Å². The fraction of sp³-hybridized carbons (Fsp3) is 0.348. The van der Waals surface area contributed by atoms with E-state index in [4.69, 9.17) is 33.2 Å². The van der Waals surface area contributed by atoms with E-state index >= 15 is 0 Å². The quantitative estimate of drug-likeness (QED) is 0.535. The molecule has 164 valence electrons. The summed E-state index contributed by atoms with van der Waals surface area (Å²) in [5, 5.41) is 1.75. The zero-order chi connectivity index (χ0) is 22.1. The van der Waals surface area contributed by atoms with Gasteiger partial charge in [-0.05, 0) is 24.3 Å². The highest BCUT2D eigenvalue weighted by atomic mass is 16.6. The van der Waals surface area contributed by atoms with Crippen molar-refractivity contribution in [2.75, 3.05) is 49.3 Å². The van der Waals surface area contributed by atoms with Gasteiger partial charge < -0.3 is 33.2 Å². The number of hydrogen-bond donors (Lipinski definition) is 0. The molecule has 0 radical (unpaired) electrons. The van der Waals surface area contributed by atoms with Crippen LogP contribution in [0.25, 0.3) is 22.0 Å². The van der Waals surface area contributed by atoms with Crippen LogP contribution in [0.2, 0.25) is 0 Å². The lowest BCUT2D eigenvalue weighted by atomic mass is 10.0. The van der Waals surface area contributed by atoms with Crippen LogP contribution in [-0.4, -0.2) is 49.3 Å².